The Morgan fingerprint density at radius 2 is 2.00 bits per heavy atom. The first-order chi connectivity index (χ1) is 10.2. The molecule has 0 unspecified atom stereocenters. The number of hydrogen-bond donors (Lipinski definition) is 2. The van der Waals surface area contributed by atoms with E-state index in [0.29, 0.717) is 12.1 Å². The minimum absolute atomic E-state index is 0.0744. The van der Waals surface area contributed by atoms with Crippen LogP contribution in [-0.4, -0.2) is 29.2 Å². The van der Waals surface area contributed by atoms with Crippen LogP contribution in [0.1, 0.15) is 36.3 Å². The van der Waals surface area contributed by atoms with Gasteiger partial charge in [-0.05, 0) is 43.7 Å². The molecule has 5 heteroatoms. The predicted molar refractivity (Wildman–Crippen MR) is 84.4 cm³/mol. The number of aromatic nitrogens is 2. The van der Waals surface area contributed by atoms with E-state index in [2.05, 4.69) is 34.3 Å². The first-order valence-electron chi connectivity index (χ1n) is 7.36. The number of H-pyrrole nitrogens is 1. The van der Waals surface area contributed by atoms with Crippen molar-refractivity contribution in [2.75, 3.05) is 18.0 Å². The Bertz CT molecular complexity index is 548. The molecule has 0 radical (unpaired) electrons. The number of hydrogen-bond acceptors (Lipinski definition) is 3. The SMILES string of the molecule is CCCN(CC)c1ccc(C(=O)NCc2ccn[nH]2)cc1. The van der Waals surface area contributed by atoms with E-state index in [1.807, 2.05) is 30.3 Å². The van der Waals surface area contributed by atoms with Crippen molar-refractivity contribution in [1.29, 1.82) is 0 Å². The van der Waals surface area contributed by atoms with Gasteiger partial charge in [-0.25, -0.2) is 0 Å². The van der Waals surface area contributed by atoms with Gasteiger partial charge in [0.15, 0.2) is 0 Å². The average Bonchev–Trinajstić information content (AvgIpc) is 3.04. The van der Waals surface area contributed by atoms with Gasteiger partial charge in [-0.15, -0.1) is 0 Å². The fourth-order valence-electron chi connectivity index (χ4n) is 2.22. The monoisotopic (exact) mass is 286 g/mol. The average molecular weight is 286 g/mol. The highest BCUT2D eigenvalue weighted by Gasteiger charge is 2.07. The molecule has 2 rings (SSSR count). The maximum absolute atomic E-state index is 12.1. The number of amides is 1. The number of aromatic amines is 1. The highest BCUT2D eigenvalue weighted by molar-refractivity contribution is 5.94. The van der Waals surface area contributed by atoms with Gasteiger partial charge in [0.05, 0.1) is 12.2 Å². The van der Waals surface area contributed by atoms with Crippen molar-refractivity contribution in [3.05, 3.63) is 47.8 Å². The molecule has 0 aliphatic rings. The molecule has 5 nitrogen and oxygen atoms in total. The summed E-state index contributed by atoms with van der Waals surface area (Å²) in [5, 5.41) is 9.53. The molecule has 0 saturated heterocycles. The molecule has 0 aliphatic carbocycles. The van der Waals surface area contributed by atoms with Gasteiger partial charge in [-0.2, -0.15) is 5.10 Å². The van der Waals surface area contributed by atoms with Crippen molar-refractivity contribution in [1.82, 2.24) is 15.5 Å². The molecule has 21 heavy (non-hydrogen) atoms. The summed E-state index contributed by atoms with van der Waals surface area (Å²) in [5.74, 6) is -0.0744. The Hall–Kier alpha value is -2.30. The van der Waals surface area contributed by atoms with Crippen LogP contribution in [0.25, 0.3) is 0 Å². The van der Waals surface area contributed by atoms with Gasteiger partial charge in [0.25, 0.3) is 5.91 Å². The smallest absolute Gasteiger partial charge is 0.251 e. The van der Waals surface area contributed by atoms with Crippen molar-refractivity contribution in [3.8, 4) is 0 Å². The van der Waals surface area contributed by atoms with Gasteiger partial charge < -0.3 is 10.2 Å². The lowest BCUT2D eigenvalue weighted by molar-refractivity contribution is 0.0950. The number of carbonyl (C=O) groups excluding carboxylic acids is 1. The Balaban J connectivity index is 1.96. The molecule has 1 amide bonds. The van der Waals surface area contributed by atoms with E-state index in [1.54, 1.807) is 6.20 Å². The van der Waals surface area contributed by atoms with Crippen molar-refractivity contribution < 1.29 is 4.79 Å². The van der Waals surface area contributed by atoms with Crippen molar-refractivity contribution >= 4 is 11.6 Å². The highest BCUT2D eigenvalue weighted by atomic mass is 16.1. The third-order valence-corrected chi connectivity index (χ3v) is 3.37. The molecule has 0 saturated carbocycles. The molecular weight excluding hydrogens is 264 g/mol. The van der Waals surface area contributed by atoms with Crippen LogP contribution in [0.3, 0.4) is 0 Å². The lowest BCUT2D eigenvalue weighted by atomic mass is 10.1. The fraction of sp³-hybridized carbons (Fsp3) is 0.375. The summed E-state index contributed by atoms with van der Waals surface area (Å²) in [5.41, 5.74) is 2.72. The van der Waals surface area contributed by atoms with E-state index in [-0.39, 0.29) is 5.91 Å². The van der Waals surface area contributed by atoms with Gasteiger partial charge in [0.2, 0.25) is 0 Å². The second-order valence-corrected chi connectivity index (χ2v) is 4.89. The van der Waals surface area contributed by atoms with Crippen LogP contribution in [0.4, 0.5) is 5.69 Å². The van der Waals surface area contributed by atoms with Gasteiger partial charge in [-0.3, -0.25) is 9.89 Å². The van der Waals surface area contributed by atoms with Crippen LogP contribution in [0, 0.1) is 0 Å². The van der Waals surface area contributed by atoms with Crippen molar-refractivity contribution in [2.24, 2.45) is 0 Å². The Kier molecular flexibility index (Phi) is 5.37. The molecule has 0 spiro atoms. The third-order valence-electron chi connectivity index (χ3n) is 3.37. The molecular formula is C16H22N4O. The summed E-state index contributed by atoms with van der Waals surface area (Å²) in [7, 11) is 0. The van der Waals surface area contributed by atoms with E-state index in [9.17, 15) is 4.79 Å². The lowest BCUT2D eigenvalue weighted by Gasteiger charge is -2.22. The summed E-state index contributed by atoms with van der Waals surface area (Å²) < 4.78 is 0. The number of nitrogens with zero attached hydrogens (tertiary/aromatic N) is 2. The van der Waals surface area contributed by atoms with Crippen LogP contribution < -0.4 is 10.2 Å². The quantitative estimate of drug-likeness (QED) is 0.822. The standard InChI is InChI=1S/C16H22N4O/c1-3-11-20(4-2)15-7-5-13(6-8-15)16(21)17-12-14-9-10-18-19-14/h5-10H,3-4,11-12H2,1-2H3,(H,17,21)(H,18,19). The minimum Gasteiger partial charge on any atom is -0.372 e. The van der Waals surface area contributed by atoms with Crippen LogP contribution in [0.15, 0.2) is 36.5 Å². The van der Waals surface area contributed by atoms with Crippen LogP contribution in [0.2, 0.25) is 0 Å². The molecule has 1 aromatic heterocycles. The van der Waals surface area contributed by atoms with Gasteiger partial charge in [0.1, 0.15) is 0 Å². The number of benzene rings is 1. The maximum atomic E-state index is 12.1. The van der Waals surface area contributed by atoms with E-state index in [0.717, 1.165) is 30.9 Å². The highest BCUT2D eigenvalue weighted by Crippen LogP contribution is 2.15. The summed E-state index contributed by atoms with van der Waals surface area (Å²) in [4.78, 5) is 14.4. The van der Waals surface area contributed by atoms with E-state index in [1.165, 1.54) is 0 Å². The minimum atomic E-state index is -0.0744. The number of nitrogens with one attached hydrogen (secondary N) is 2. The van der Waals surface area contributed by atoms with Crippen LogP contribution in [-0.2, 0) is 6.54 Å². The number of anilines is 1. The molecule has 0 fully saturated rings. The fourth-order valence-corrected chi connectivity index (χ4v) is 2.22. The zero-order valence-corrected chi connectivity index (χ0v) is 12.6. The zero-order chi connectivity index (χ0) is 15.1. The van der Waals surface area contributed by atoms with Crippen LogP contribution in [0.5, 0.6) is 0 Å². The summed E-state index contributed by atoms with van der Waals surface area (Å²) in [6.07, 6.45) is 2.78. The van der Waals surface area contributed by atoms with E-state index >= 15 is 0 Å². The van der Waals surface area contributed by atoms with Crippen molar-refractivity contribution in [2.45, 2.75) is 26.8 Å². The summed E-state index contributed by atoms with van der Waals surface area (Å²) >= 11 is 0. The van der Waals surface area contributed by atoms with Gasteiger partial charge in [-0.1, -0.05) is 6.92 Å². The molecule has 112 valence electrons. The first-order valence-corrected chi connectivity index (χ1v) is 7.36. The molecule has 1 heterocycles. The third kappa shape index (κ3) is 4.08. The van der Waals surface area contributed by atoms with Gasteiger partial charge in [0, 0.05) is 30.5 Å². The maximum Gasteiger partial charge on any atom is 0.251 e. The molecule has 0 aliphatic heterocycles. The van der Waals surface area contributed by atoms with E-state index < -0.39 is 0 Å². The first kappa shape index (κ1) is 15.1. The Morgan fingerprint density at radius 1 is 1.24 bits per heavy atom. The number of rotatable bonds is 7. The Labute approximate surface area is 125 Å². The molecule has 0 atom stereocenters. The summed E-state index contributed by atoms with van der Waals surface area (Å²) in [6, 6.07) is 9.59. The lowest BCUT2D eigenvalue weighted by Crippen LogP contribution is -2.24. The predicted octanol–water partition coefficient (Wildman–Crippen LogP) is 2.58. The second-order valence-electron chi connectivity index (χ2n) is 4.89. The number of carbonyl (C=O) groups is 1. The Morgan fingerprint density at radius 3 is 2.57 bits per heavy atom. The topological polar surface area (TPSA) is 61.0 Å². The normalized spacial score (nSPS) is 10.4. The molecule has 2 aromatic rings. The zero-order valence-electron chi connectivity index (χ0n) is 12.6. The van der Waals surface area contributed by atoms with E-state index in [4.69, 9.17) is 0 Å². The molecule has 1 aromatic carbocycles. The summed E-state index contributed by atoms with van der Waals surface area (Å²) in [6.45, 7) is 6.76. The van der Waals surface area contributed by atoms with Crippen LogP contribution >= 0.6 is 0 Å². The molecule has 2 N–H and O–H groups in total. The largest absolute Gasteiger partial charge is 0.372 e. The van der Waals surface area contributed by atoms with Crippen molar-refractivity contribution in [3.63, 3.8) is 0 Å². The molecule has 0 bridgehead atoms. The van der Waals surface area contributed by atoms with Gasteiger partial charge >= 0.3 is 0 Å². The second kappa shape index (κ2) is 7.47.